The van der Waals surface area contributed by atoms with Gasteiger partial charge >= 0.3 is 0 Å². The van der Waals surface area contributed by atoms with E-state index in [0.29, 0.717) is 12.1 Å². The molecule has 3 nitrogen and oxygen atoms in total. The molecule has 1 unspecified atom stereocenters. The van der Waals surface area contributed by atoms with Gasteiger partial charge in [0.1, 0.15) is 0 Å². The molecule has 1 aromatic carbocycles. The van der Waals surface area contributed by atoms with Crippen LogP contribution in [-0.2, 0) is 0 Å². The van der Waals surface area contributed by atoms with Crippen molar-refractivity contribution in [3.05, 3.63) is 31.8 Å². The van der Waals surface area contributed by atoms with E-state index in [2.05, 4.69) is 43.8 Å². The van der Waals surface area contributed by atoms with Crippen molar-refractivity contribution in [2.24, 2.45) is 5.73 Å². The lowest BCUT2D eigenvalue weighted by Crippen LogP contribution is -2.38. The summed E-state index contributed by atoms with van der Waals surface area (Å²) >= 11 is 5.48. The molecule has 0 aliphatic heterocycles. The van der Waals surface area contributed by atoms with Crippen LogP contribution in [0.4, 0.5) is 0 Å². The molecular weight excluding hydrogens is 371 g/mol. The van der Waals surface area contributed by atoms with Crippen molar-refractivity contribution in [1.82, 2.24) is 5.32 Å². The van der Waals surface area contributed by atoms with Crippen LogP contribution in [-0.4, -0.2) is 18.5 Å². The molecule has 1 amide bonds. The Balaban J connectivity index is 2.86. The maximum atomic E-state index is 11.8. The summed E-state index contributed by atoms with van der Waals surface area (Å²) in [6, 6.07) is 5.60. The van der Waals surface area contributed by atoms with E-state index < -0.39 is 0 Å². The van der Waals surface area contributed by atoms with Gasteiger partial charge in [0, 0.05) is 20.6 Å². The van der Waals surface area contributed by atoms with Crippen LogP contribution in [0.1, 0.15) is 17.3 Å². The number of hydrogen-bond donors (Lipinski definition) is 2. The van der Waals surface area contributed by atoms with Gasteiger partial charge in [-0.2, -0.15) is 0 Å². The average molecular weight is 383 g/mol. The monoisotopic (exact) mass is 382 g/mol. The van der Waals surface area contributed by atoms with Gasteiger partial charge in [0.15, 0.2) is 0 Å². The molecule has 0 radical (unpaired) electrons. The molecule has 15 heavy (non-hydrogen) atoms. The third kappa shape index (κ3) is 3.73. The van der Waals surface area contributed by atoms with Gasteiger partial charge in [-0.3, -0.25) is 4.79 Å². The minimum absolute atomic E-state index is 0.00715. The second-order valence-corrected chi connectivity index (χ2v) is 5.31. The Morgan fingerprint density at radius 1 is 1.67 bits per heavy atom. The van der Waals surface area contributed by atoms with Gasteiger partial charge < -0.3 is 11.1 Å². The van der Waals surface area contributed by atoms with E-state index in [0.717, 1.165) is 8.04 Å². The number of hydrogen-bond acceptors (Lipinski definition) is 2. The number of carbonyl (C=O) groups excluding carboxylic acids is 1. The molecule has 0 aliphatic rings. The Kier molecular flexibility index (Phi) is 5.01. The van der Waals surface area contributed by atoms with Crippen molar-refractivity contribution in [1.29, 1.82) is 0 Å². The smallest absolute Gasteiger partial charge is 0.252 e. The lowest BCUT2D eigenvalue weighted by molar-refractivity contribution is 0.0940. The number of nitrogens with one attached hydrogen (secondary N) is 1. The number of nitrogens with two attached hydrogens (primary N) is 1. The molecular formula is C10H12BrIN2O. The topological polar surface area (TPSA) is 55.1 Å². The molecule has 0 aromatic heterocycles. The highest BCUT2D eigenvalue weighted by Gasteiger charge is 2.12. The summed E-state index contributed by atoms with van der Waals surface area (Å²) in [5.41, 5.74) is 6.11. The summed E-state index contributed by atoms with van der Waals surface area (Å²) in [5.74, 6) is -0.0846. The first-order chi connectivity index (χ1) is 7.04. The molecule has 0 bridgehead atoms. The fourth-order valence-electron chi connectivity index (χ4n) is 1.03. The SMILES string of the molecule is CC(CN)NC(=O)c1cc(Br)ccc1I. The summed E-state index contributed by atoms with van der Waals surface area (Å²) in [7, 11) is 0. The van der Waals surface area contributed by atoms with Crippen LogP contribution < -0.4 is 11.1 Å². The Labute approximate surface area is 111 Å². The van der Waals surface area contributed by atoms with Gasteiger partial charge in [-0.15, -0.1) is 0 Å². The van der Waals surface area contributed by atoms with Crippen molar-refractivity contribution in [2.45, 2.75) is 13.0 Å². The number of halogens is 2. The molecule has 1 aromatic rings. The van der Waals surface area contributed by atoms with E-state index in [9.17, 15) is 4.79 Å². The average Bonchev–Trinajstić information content (AvgIpc) is 2.21. The fourth-order valence-corrected chi connectivity index (χ4v) is 1.97. The van der Waals surface area contributed by atoms with Crippen molar-refractivity contribution in [3.8, 4) is 0 Å². The molecule has 0 heterocycles. The quantitative estimate of drug-likeness (QED) is 0.787. The maximum Gasteiger partial charge on any atom is 0.252 e. The van der Waals surface area contributed by atoms with E-state index in [1.807, 2.05) is 19.1 Å². The molecule has 5 heteroatoms. The first-order valence-electron chi connectivity index (χ1n) is 4.50. The zero-order chi connectivity index (χ0) is 11.4. The van der Waals surface area contributed by atoms with Gasteiger partial charge in [0.25, 0.3) is 5.91 Å². The first kappa shape index (κ1) is 12.9. The summed E-state index contributed by atoms with van der Waals surface area (Å²) in [6.07, 6.45) is 0. The summed E-state index contributed by atoms with van der Waals surface area (Å²) in [6.45, 7) is 2.32. The van der Waals surface area contributed by atoms with Crippen LogP contribution in [0.25, 0.3) is 0 Å². The molecule has 3 N–H and O–H groups in total. The minimum Gasteiger partial charge on any atom is -0.348 e. The summed E-state index contributed by atoms with van der Waals surface area (Å²) < 4.78 is 1.82. The third-order valence-corrected chi connectivity index (χ3v) is 3.34. The van der Waals surface area contributed by atoms with Gasteiger partial charge in [0.2, 0.25) is 0 Å². The van der Waals surface area contributed by atoms with Gasteiger partial charge in [0.05, 0.1) is 5.56 Å². The van der Waals surface area contributed by atoms with Crippen molar-refractivity contribution in [3.63, 3.8) is 0 Å². The minimum atomic E-state index is -0.0846. The standard InChI is InChI=1S/C10H12BrIN2O/c1-6(5-13)14-10(15)8-4-7(11)2-3-9(8)12/h2-4,6H,5,13H2,1H3,(H,14,15). The zero-order valence-electron chi connectivity index (χ0n) is 8.26. The van der Waals surface area contributed by atoms with Gasteiger partial charge in [-0.05, 0) is 47.7 Å². The highest BCUT2D eigenvalue weighted by molar-refractivity contribution is 14.1. The number of benzene rings is 1. The fraction of sp³-hybridized carbons (Fsp3) is 0.300. The molecule has 0 saturated heterocycles. The van der Waals surface area contributed by atoms with Crippen molar-refractivity contribution >= 4 is 44.4 Å². The Bertz CT molecular complexity index is 370. The predicted octanol–water partition coefficient (Wildman–Crippen LogP) is 2.13. The molecule has 1 atom stereocenters. The second kappa shape index (κ2) is 5.81. The van der Waals surface area contributed by atoms with Crippen LogP contribution in [0.3, 0.4) is 0 Å². The van der Waals surface area contributed by atoms with Crippen LogP contribution in [0.2, 0.25) is 0 Å². The lowest BCUT2D eigenvalue weighted by atomic mass is 10.2. The van der Waals surface area contributed by atoms with E-state index in [4.69, 9.17) is 5.73 Å². The molecule has 1 rings (SSSR count). The second-order valence-electron chi connectivity index (χ2n) is 3.23. The zero-order valence-corrected chi connectivity index (χ0v) is 12.0. The number of amides is 1. The van der Waals surface area contributed by atoms with E-state index in [1.165, 1.54) is 0 Å². The predicted molar refractivity (Wildman–Crippen MR) is 72.8 cm³/mol. The summed E-state index contributed by atoms with van der Waals surface area (Å²) in [5, 5.41) is 2.82. The molecule has 0 spiro atoms. The molecule has 82 valence electrons. The first-order valence-corrected chi connectivity index (χ1v) is 6.37. The normalized spacial score (nSPS) is 12.3. The molecule has 0 fully saturated rings. The maximum absolute atomic E-state index is 11.8. The van der Waals surface area contributed by atoms with Crippen LogP contribution >= 0.6 is 38.5 Å². The lowest BCUT2D eigenvalue weighted by Gasteiger charge is -2.12. The van der Waals surface area contributed by atoms with Crippen LogP contribution in [0, 0.1) is 3.57 Å². The van der Waals surface area contributed by atoms with Crippen molar-refractivity contribution < 1.29 is 4.79 Å². The Morgan fingerprint density at radius 2 is 2.33 bits per heavy atom. The Hall–Kier alpha value is -0.140. The van der Waals surface area contributed by atoms with Gasteiger partial charge in [-0.1, -0.05) is 15.9 Å². The van der Waals surface area contributed by atoms with Crippen LogP contribution in [0.15, 0.2) is 22.7 Å². The van der Waals surface area contributed by atoms with E-state index >= 15 is 0 Å². The largest absolute Gasteiger partial charge is 0.348 e. The van der Waals surface area contributed by atoms with Crippen molar-refractivity contribution in [2.75, 3.05) is 6.54 Å². The Morgan fingerprint density at radius 3 is 2.93 bits per heavy atom. The third-order valence-electron chi connectivity index (χ3n) is 1.90. The van der Waals surface area contributed by atoms with Crippen LogP contribution in [0.5, 0.6) is 0 Å². The van der Waals surface area contributed by atoms with E-state index in [1.54, 1.807) is 6.07 Å². The highest BCUT2D eigenvalue weighted by atomic mass is 127. The molecule has 0 saturated carbocycles. The number of carbonyl (C=O) groups is 1. The van der Waals surface area contributed by atoms with E-state index in [-0.39, 0.29) is 11.9 Å². The number of rotatable bonds is 3. The molecule has 0 aliphatic carbocycles. The van der Waals surface area contributed by atoms with Gasteiger partial charge in [-0.25, -0.2) is 0 Å². The highest BCUT2D eigenvalue weighted by Crippen LogP contribution is 2.18. The summed E-state index contributed by atoms with van der Waals surface area (Å²) in [4.78, 5) is 11.8.